The summed E-state index contributed by atoms with van der Waals surface area (Å²) in [7, 11) is 0. The molecule has 0 unspecified atom stereocenters. The smallest absolute Gasteiger partial charge is 0.337 e. The van der Waals surface area contributed by atoms with E-state index in [0.29, 0.717) is 23.3 Å². The van der Waals surface area contributed by atoms with Gasteiger partial charge < -0.3 is 9.84 Å². The van der Waals surface area contributed by atoms with Crippen LogP contribution in [0.4, 0.5) is 0 Å². The third kappa shape index (κ3) is 4.71. The third-order valence-corrected chi connectivity index (χ3v) is 4.36. The van der Waals surface area contributed by atoms with Crippen molar-refractivity contribution in [2.75, 3.05) is 0 Å². The van der Waals surface area contributed by atoms with Crippen LogP contribution in [0.2, 0.25) is 0 Å². The molecule has 0 aliphatic rings. The minimum absolute atomic E-state index is 0.0501. The topological polar surface area (TPSA) is 80.9 Å². The highest BCUT2D eigenvalue weighted by molar-refractivity contribution is 5.87. The first-order valence-electron chi connectivity index (χ1n) is 9.62. The van der Waals surface area contributed by atoms with Gasteiger partial charge in [0.05, 0.1) is 17.4 Å². The number of ether oxygens (including phenoxy) is 1. The minimum Gasteiger partial charge on any atom is -0.491 e. The van der Waals surface area contributed by atoms with Crippen LogP contribution in [-0.4, -0.2) is 26.6 Å². The van der Waals surface area contributed by atoms with E-state index in [1.165, 1.54) is 16.7 Å². The number of carbonyl (C=O) groups is 1. The van der Waals surface area contributed by atoms with Gasteiger partial charge in [-0.3, -0.25) is 9.20 Å². The lowest BCUT2D eigenvalue weighted by atomic mass is 10.1. The summed E-state index contributed by atoms with van der Waals surface area (Å²) in [5.74, 6) is -0.299. The molecule has 6 nitrogen and oxygen atoms in total. The van der Waals surface area contributed by atoms with Crippen LogP contribution < -0.4 is 10.3 Å². The van der Waals surface area contributed by atoms with Gasteiger partial charge in [0.25, 0.3) is 5.56 Å². The summed E-state index contributed by atoms with van der Waals surface area (Å²) >= 11 is 0. The fourth-order valence-electron chi connectivity index (χ4n) is 3.08. The van der Waals surface area contributed by atoms with Crippen molar-refractivity contribution in [3.8, 4) is 5.75 Å². The molecule has 150 valence electrons. The number of fused-ring (bicyclic) bond motifs is 1. The second-order valence-corrected chi connectivity index (χ2v) is 7.05. The van der Waals surface area contributed by atoms with E-state index in [-0.39, 0.29) is 17.2 Å². The summed E-state index contributed by atoms with van der Waals surface area (Å²) in [6.45, 7) is 5.94. The summed E-state index contributed by atoms with van der Waals surface area (Å²) in [6, 6.07) is 10.7. The van der Waals surface area contributed by atoms with Gasteiger partial charge in [-0.2, -0.15) is 0 Å². The number of carboxylic acids is 1. The molecule has 0 saturated heterocycles. The molecule has 0 bridgehead atoms. The van der Waals surface area contributed by atoms with E-state index < -0.39 is 5.97 Å². The van der Waals surface area contributed by atoms with Crippen LogP contribution in [0.25, 0.3) is 17.8 Å². The van der Waals surface area contributed by atoms with E-state index in [9.17, 15) is 14.7 Å². The van der Waals surface area contributed by atoms with Gasteiger partial charge in [-0.25, -0.2) is 9.78 Å². The Morgan fingerprint density at radius 3 is 2.72 bits per heavy atom. The molecule has 0 fully saturated rings. The third-order valence-electron chi connectivity index (χ3n) is 4.36. The van der Waals surface area contributed by atoms with E-state index in [2.05, 4.69) is 4.98 Å². The van der Waals surface area contributed by atoms with E-state index >= 15 is 0 Å². The number of hydrogen-bond acceptors (Lipinski definition) is 4. The first-order valence-corrected chi connectivity index (χ1v) is 9.62. The van der Waals surface area contributed by atoms with Crippen molar-refractivity contribution in [1.82, 2.24) is 9.38 Å². The molecule has 0 saturated carbocycles. The lowest BCUT2D eigenvalue weighted by molar-refractivity contribution is 0.0696. The molecular weight excluding hydrogens is 368 g/mol. The predicted molar refractivity (Wildman–Crippen MR) is 114 cm³/mol. The van der Waals surface area contributed by atoms with Crippen LogP contribution in [0.15, 0.2) is 47.4 Å². The summed E-state index contributed by atoms with van der Waals surface area (Å²) in [5.41, 5.74) is 2.32. The fourth-order valence-corrected chi connectivity index (χ4v) is 3.08. The van der Waals surface area contributed by atoms with Gasteiger partial charge >= 0.3 is 5.97 Å². The zero-order chi connectivity index (χ0) is 21.0. The molecule has 2 heterocycles. The normalized spacial score (nSPS) is 11.4. The molecule has 6 heteroatoms. The summed E-state index contributed by atoms with van der Waals surface area (Å²) < 4.78 is 7.03. The Balaban J connectivity index is 2.05. The van der Waals surface area contributed by atoms with Crippen molar-refractivity contribution < 1.29 is 14.6 Å². The highest BCUT2D eigenvalue weighted by Gasteiger charge is 2.12. The van der Waals surface area contributed by atoms with Crippen molar-refractivity contribution >= 4 is 23.8 Å². The highest BCUT2D eigenvalue weighted by Crippen LogP contribution is 2.18. The van der Waals surface area contributed by atoms with Crippen LogP contribution in [0, 0.1) is 0 Å². The maximum absolute atomic E-state index is 13.0. The molecule has 1 aromatic carbocycles. The van der Waals surface area contributed by atoms with Crippen LogP contribution in [0.1, 0.15) is 54.4 Å². The Bertz CT molecular complexity index is 1130. The van der Waals surface area contributed by atoms with E-state index in [1.807, 2.05) is 57.2 Å². The van der Waals surface area contributed by atoms with Crippen LogP contribution in [-0.2, 0) is 6.42 Å². The van der Waals surface area contributed by atoms with Crippen LogP contribution in [0.3, 0.4) is 0 Å². The summed E-state index contributed by atoms with van der Waals surface area (Å²) in [6.07, 6.45) is 6.47. The fraction of sp³-hybridized carbons (Fsp3) is 0.261. The average Bonchev–Trinajstić information content (AvgIpc) is 2.68. The number of benzene rings is 1. The maximum Gasteiger partial charge on any atom is 0.337 e. The Morgan fingerprint density at radius 1 is 1.24 bits per heavy atom. The number of carboxylic acid groups (broad SMARTS) is 1. The molecule has 0 amide bonds. The predicted octanol–water partition coefficient (Wildman–Crippen LogP) is 4.30. The molecule has 0 aliphatic carbocycles. The number of nitrogens with zero attached hydrogens (tertiary/aromatic N) is 2. The zero-order valence-corrected chi connectivity index (χ0v) is 16.8. The van der Waals surface area contributed by atoms with Crippen molar-refractivity contribution in [2.45, 2.75) is 39.7 Å². The lowest BCUT2D eigenvalue weighted by Gasteiger charge is -2.10. The highest BCUT2D eigenvalue weighted by atomic mass is 16.5. The first-order chi connectivity index (χ1) is 13.9. The molecule has 0 aliphatic heterocycles. The first kappa shape index (κ1) is 20.3. The molecular formula is C23H24N2O4. The molecule has 0 atom stereocenters. The van der Waals surface area contributed by atoms with E-state index in [1.54, 1.807) is 6.07 Å². The van der Waals surface area contributed by atoms with Gasteiger partial charge in [-0.15, -0.1) is 0 Å². The number of aromatic carboxylic acids is 1. The lowest BCUT2D eigenvalue weighted by Crippen LogP contribution is -2.22. The van der Waals surface area contributed by atoms with Gasteiger partial charge in [0.1, 0.15) is 11.4 Å². The molecule has 0 radical (unpaired) electrons. The quantitative estimate of drug-likeness (QED) is 0.648. The minimum atomic E-state index is -1.08. The van der Waals surface area contributed by atoms with Gasteiger partial charge in [-0.1, -0.05) is 31.6 Å². The van der Waals surface area contributed by atoms with Crippen molar-refractivity contribution in [3.05, 3.63) is 75.3 Å². The monoisotopic (exact) mass is 392 g/mol. The van der Waals surface area contributed by atoms with Crippen molar-refractivity contribution in [1.29, 1.82) is 0 Å². The average molecular weight is 392 g/mol. The molecule has 29 heavy (non-hydrogen) atoms. The van der Waals surface area contributed by atoms with Gasteiger partial charge in [0.15, 0.2) is 0 Å². The standard InChI is InChI=1S/C23H24N2O4/c1-4-6-19-20(11-9-16-7-5-8-18(13-16)29-15(2)3)24-21-12-10-17(23(27)28)14-25(21)22(19)26/h5,7-15H,4,6H2,1-3H3,(H,27,28). The molecule has 3 rings (SSSR count). The van der Waals surface area contributed by atoms with Gasteiger partial charge in [0, 0.05) is 11.8 Å². The number of hydrogen-bond donors (Lipinski definition) is 1. The molecule has 0 spiro atoms. The number of rotatable bonds is 7. The zero-order valence-electron chi connectivity index (χ0n) is 16.8. The van der Waals surface area contributed by atoms with Crippen molar-refractivity contribution in [3.63, 3.8) is 0 Å². The van der Waals surface area contributed by atoms with Gasteiger partial charge in [-0.05, 0) is 56.2 Å². The van der Waals surface area contributed by atoms with E-state index in [4.69, 9.17) is 4.74 Å². The van der Waals surface area contributed by atoms with E-state index in [0.717, 1.165) is 17.7 Å². The van der Waals surface area contributed by atoms with Crippen LogP contribution >= 0.6 is 0 Å². The SMILES string of the molecule is CCCc1c(C=Cc2cccc(OC(C)C)c2)nc2ccc(C(=O)O)cn2c1=O. The second kappa shape index (κ2) is 8.73. The molecule has 3 aromatic rings. The van der Waals surface area contributed by atoms with Gasteiger partial charge in [0.2, 0.25) is 0 Å². The summed E-state index contributed by atoms with van der Waals surface area (Å²) in [4.78, 5) is 28.8. The second-order valence-electron chi connectivity index (χ2n) is 7.05. The Hall–Kier alpha value is -3.41. The number of pyridine rings is 1. The number of aromatic nitrogens is 2. The molecule has 1 N–H and O–H groups in total. The largest absolute Gasteiger partial charge is 0.491 e. The Labute approximate surface area is 169 Å². The Morgan fingerprint density at radius 2 is 2.03 bits per heavy atom. The maximum atomic E-state index is 13.0. The van der Waals surface area contributed by atoms with Crippen LogP contribution in [0.5, 0.6) is 5.75 Å². The summed E-state index contributed by atoms with van der Waals surface area (Å²) in [5, 5.41) is 9.19. The Kier molecular flexibility index (Phi) is 6.12. The molecule has 2 aromatic heterocycles. The van der Waals surface area contributed by atoms with Crippen molar-refractivity contribution in [2.24, 2.45) is 0 Å².